The number of benzene rings is 1. The largest absolute Gasteiger partial charge is 0.389 e. The van der Waals surface area contributed by atoms with Crippen molar-refractivity contribution in [2.24, 2.45) is 0 Å². The quantitative estimate of drug-likeness (QED) is 0.883. The first kappa shape index (κ1) is 16.7. The van der Waals surface area contributed by atoms with Gasteiger partial charge in [-0.25, -0.2) is 0 Å². The molecule has 1 fully saturated rings. The lowest BCUT2D eigenvalue weighted by atomic mass is 10.1. The maximum atomic E-state index is 12.4. The topological polar surface area (TPSA) is 43.8 Å². The van der Waals surface area contributed by atoms with Gasteiger partial charge in [-0.05, 0) is 48.0 Å². The van der Waals surface area contributed by atoms with Crippen LogP contribution in [0.3, 0.4) is 0 Å². The molecule has 1 heterocycles. The number of halogens is 2. The van der Waals surface area contributed by atoms with Gasteiger partial charge in [0.2, 0.25) is 0 Å². The van der Waals surface area contributed by atoms with Crippen LogP contribution in [0.15, 0.2) is 22.7 Å². The van der Waals surface area contributed by atoms with Crippen LogP contribution in [0.25, 0.3) is 0 Å². The molecule has 1 saturated heterocycles. The van der Waals surface area contributed by atoms with Gasteiger partial charge in [0.05, 0.1) is 10.6 Å². The number of hydrogen-bond donors (Lipinski definition) is 1. The maximum absolute atomic E-state index is 12.4. The van der Waals surface area contributed by atoms with Crippen molar-refractivity contribution < 1.29 is 9.90 Å². The number of aliphatic hydroxyl groups is 1. The molecule has 6 heteroatoms. The van der Waals surface area contributed by atoms with Gasteiger partial charge in [0, 0.05) is 42.8 Å². The van der Waals surface area contributed by atoms with E-state index in [0.717, 1.165) is 17.6 Å². The molecule has 0 spiro atoms. The standard InChI is InChI=1S/C15H20BrClN2O2/c1-15(2,21)10-18-5-7-19(8-6-18)14(20)11-3-4-12(16)13(17)9-11/h3-4,9,21H,5-8,10H2,1-2H3. The van der Waals surface area contributed by atoms with E-state index in [9.17, 15) is 9.90 Å². The molecule has 0 bridgehead atoms. The second kappa shape index (κ2) is 6.65. The van der Waals surface area contributed by atoms with Gasteiger partial charge in [0.15, 0.2) is 0 Å². The van der Waals surface area contributed by atoms with Gasteiger partial charge < -0.3 is 10.0 Å². The zero-order valence-corrected chi connectivity index (χ0v) is 14.6. The van der Waals surface area contributed by atoms with Crippen molar-refractivity contribution >= 4 is 33.4 Å². The second-order valence-corrected chi connectivity index (χ2v) is 7.27. The number of carbonyl (C=O) groups excluding carboxylic acids is 1. The molecule has 2 rings (SSSR count). The van der Waals surface area contributed by atoms with Gasteiger partial charge in [-0.2, -0.15) is 0 Å². The summed E-state index contributed by atoms with van der Waals surface area (Å²) in [6.07, 6.45) is 0. The van der Waals surface area contributed by atoms with Crippen LogP contribution in [0.1, 0.15) is 24.2 Å². The second-order valence-electron chi connectivity index (χ2n) is 6.01. The zero-order valence-electron chi connectivity index (χ0n) is 12.3. The van der Waals surface area contributed by atoms with Crippen molar-refractivity contribution in [2.75, 3.05) is 32.7 Å². The van der Waals surface area contributed by atoms with E-state index in [1.165, 1.54) is 0 Å². The van der Waals surface area contributed by atoms with Crippen LogP contribution in [0.4, 0.5) is 0 Å². The van der Waals surface area contributed by atoms with Gasteiger partial charge in [-0.3, -0.25) is 9.69 Å². The highest BCUT2D eigenvalue weighted by atomic mass is 79.9. The predicted molar refractivity (Wildman–Crippen MR) is 87.8 cm³/mol. The van der Waals surface area contributed by atoms with Crippen molar-refractivity contribution in [3.05, 3.63) is 33.3 Å². The van der Waals surface area contributed by atoms with Crippen LogP contribution in [0.5, 0.6) is 0 Å². The Hall–Kier alpha value is -0.620. The summed E-state index contributed by atoms with van der Waals surface area (Å²) in [4.78, 5) is 16.5. The van der Waals surface area contributed by atoms with Crippen molar-refractivity contribution in [3.63, 3.8) is 0 Å². The lowest BCUT2D eigenvalue weighted by Crippen LogP contribution is -2.52. The molecule has 1 aliphatic rings. The summed E-state index contributed by atoms with van der Waals surface area (Å²) in [6.45, 7) is 7.12. The third kappa shape index (κ3) is 4.68. The molecule has 1 aliphatic heterocycles. The Morgan fingerprint density at radius 1 is 1.33 bits per heavy atom. The van der Waals surface area contributed by atoms with Crippen molar-refractivity contribution in [1.29, 1.82) is 0 Å². The summed E-state index contributed by atoms with van der Waals surface area (Å²) in [5.74, 6) is 0.00677. The Morgan fingerprint density at radius 3 is 2.48 bits per heavy atom. The van der Waals surface area contributed by atoms with E-state index in [1.807, 2.05) is 4.90 Å². The number of rotatable bonds is 3. The van der Waals surface area contributed by atoms with E-state index < -0.39 is 5.60 Å². The lowest BCUT2D eigenvalue weighted by Gasteiger charge is -2.37. The molecule has 0 radical (unpaired) electrons. The van der Waals surface area contributed by atoms with E-state index in [4.69, 9.17) is 11.6 Å². The van der Waals surface area contributed by atoms with E-state index in [0.29, 0.717) is 30.2 Å². The summed E-state index contributed by atoms with van der Waals surface area (Å²) in [6, 6.07) is 5.26. The minimum Gasteiger partial charge on any atom is -0.389 e. The van der Waals surface area contributed by atoms with E-state index in [2.05, 4.69) is 20.8 Å². The molecule has 1 aromatic carbocycles. The van der Waals surface area contributed by atoms with Gasteiger partial charge in [-0.15, -0.1) is 0 Å². The van der Waals surface area contributed by atoms with Crippen molar-refractivity contribution in [2.45, 2.75) is 19.4 Å². The molecule has 1 aromatic rings. The highest BCUT2D eigenvalue weighted by Crippen LogP contribution is 2.24. The predicted octanol–water partition coefficient (Wildman–Crippen LogP) is 2.63. The number of carbonyl (C=O) groups is 1. The SMILES string of the molecule is CC(C)(O)CN1CCN(C(=O)c2ccc(Br)c(Cl)c2)CC1. The van der Waals surface area contributed by atoms with Crippen LogP contribution >= 0.6 is 27.5 Å². The molecule has 4 nitrogen and oxygen atoms in total. The Morgan fingerprint density at radius 2 is 1.95 bits per heavy atom. The molecule has 0 aromatic heterocycles. The maximum Gasteiger partial charge on any atom is 0.253 e. The van der Waals surface area contributed by atoms with Crippen LogP contribution in [-0.4, -0.2) is 59.1 Å². The fraction of sp³-hybridized carbons (Fsp3) is 0.533. The first-order valence-corrected chi connectivity index (χ1v) is 8.12. The van der Waals surface area contributed by atoms with E-state index >= 15 is 0 Å². The Kier molecular flexibility index (Phi) is 5.30. The molecule has 1 N–H and O–H groups in total. The molecular weight excluding hydrogens is 356 g/mol. The highest BCUT2D eigenvalue weighted by Gasteiger charge is 2.25. The Bertz CT molecular complexity index is 523. The molecule has 0 saturated carbocycles. The minimum atomic E-state index is -0.703. The average Bonchev–Trinajstić information content (AvgIpc) is 2.40. The molecule has 0 unspecified atom stereocenters. The Labute approximate surface area is 138 Å². The van der Waals surface area contributed by atoms with Crippen LogP contribution in [0, 0.1) is 0 Å². The smallest absolute Gasteiger partial charge is 0.253 e. The molecule has 21 heavy (non-hydrogen) atoms. The van der Waals surface area contributed by atoms with Crippen molar-refractivity contribution in [1.82, 2.24) is 9.80 Å². The molecule has 116 valence electrons. The minimum absolute atomic E-state index is 0.00677. The molecule has 0 atom stereocenters. The third-order valence-corrected chi connectivity index (χ3v) is 4.67. The van der Waals surface area contributed by atoms with Gasteiger partial charge in [0.1, 0.15) is 0 Å². The first-order chi connectivity index (χ1) is 9.76. The molecule has 0 aliphatic carbocycles. The van der Waals surface area contributed by atoms with Crippen LogP contribution < -0.4 is 0 Å². The number of amides is 1. The van der Waals surface area contributed by atoms with Gasteiger partial charge >= 0.3 is 0 Å². The summed E-state index contributed by atoms with van der Waals surface area (Å²) >= 11 is 9.36. The van der Waals surface area contributed by atoms with Crippen molar-refractivity contribution in [3.8, 4) is 0 Å². The summed E-state index contributed by atoms with van der Waals surface area (Å²) in [5, 5.41) is 10.4. The van der Waals surface area contributed by atoms with E-state index in [1.54, 1.807) is 32.0 Å². The van der Waals surface area contributed by atoms with Crippen LogP contribution in [-0.2, 0) is 0 Å². The molecular formula is C15H20BrClN2O2. The fourth-order valence-corrected chi connectivity index (χ4v) is 2.90. The average molecular weight is 376 g/mol. The van der Waals surface area contributed by atoms with Crippen LogP contribution in [0.2, 0.25) is 5.02 Å². The number of hydrogen-bond acceptors (Lipinski definition) is 3. The number of nitrogens with zero attached hydrogens (tertiary/aromatic N) is 2. The first-order valence-electron chi connectivity index (χ1n) is 6.95. The lowest BCUT2D eigenvalue weighted by molar-refractivity contribution is 0.0178. The zero-order chi connectivity index (χ0) is 15.6. The molecule has 1 amide bonds. The normalized spacial score (nSPS) is 17.1. The van der Waals surface area contributed by atoms with Gasteiger partial charge in [0.25, 0.3) is 5.91 Å². The fourth-order valence-electron chi connectivity index (χ4n) is 2.47. The Balaban J connectivity index is 1.95. The van der Waals surface area contributed by atoms with E-state index in [-0.39, 0.29) is 5.91 Å². The third-order valence-electron chi connectivity index (χ3n) is 3.44. The number of piperazine rings is 1. The highest BCUT2D eigenvalue weighted by molar-refractivity contribution is 9.10. The summed E-state index contributed by atoms with van der Waals surface area (Å²) in [5.41, 5.74) is -0.0927. The summed E-state index contributed by atoms with van der Waals surface area (Å²) in [7, 11) is 0. The summed E-state index contributed by atoms with van der Waals surface area (Å²) < 4.78 is 0.788. The number of β-amino-alcohol motifs (C(OH)–C–C–N with tert-alkyl or cyclic N) is 1. The van der Waals surface area contributed by atoms with Gasteiger partial charge in [-0.1, -0.05) is 11.6 Å². The monoisotopic (exact) mass is 374 g/mol.